The molecule has 0 unspecified atom stereocenters. The molecule has 0 saturated carbocycles. The van der Waals surface area contributed by atoms with Crippen LogP contribution in [0.3, 0.4) is 0 Å². The molecule has 1 aliphatic rings. The fraction of sp³-hybridized carbons (Fsp3) is 0.312. The Hall–Kier alpha value is -3.41. The van der Waals surface area contributed by atoms with Crippen LogP contribution in [-0.2, 0) is 19.1 Å². The van der Waals surface area contributed by atoms with Crippen molar-refractivity contribution >= 4 is 29.6 Å². The van der Waals surface area contributed by atoms with Crippen LogP contribution in [0.15, 0.2) is 72.3 Å². The molecule has 0 aliphatic carbocycles. The Bertz CT molecular complexity index is 1320. The Kier molecular flexibility index (Phi) is 8.70. The van der Waals surface area contributed by atoms with Crippen molar-refractivity contribution in [2.24, 2.45) is 0 Å². The summed E-state index contributed by atoms with van der Waals surface area (Å²) in [5.41, 5.74) is 4.05. The van der Waals surface area contributed by atoms with Crippen LogP contribution >= 0.6 is 11.6 Å². The predicted octanol–water partition coefficient (Wildman–Crippen LogP) is 7.95. The number of hydrogen-bond acceptors (Lipinski definition) is 5. The zero-order valence-corrected chi connectivity index (χ0v) is 23.1. The van der Waals surface area contributed by atoms with Gasteiger partial charge in [0.1, 0.15) is 11.9 Å². The van der Waals surface area contributed by atoms with Gasteiger partial charge in [-0.15, -0.1) is 0 Å². The molecule has 0 saturated heterocycles. The third-order valence-corrected chi connectivity index (χ3v) is 6.78. The first-order valence-corrected chi connectivity index (χ1v) is 13.3. The number of hydrogen-bond donors (Lipinski definition) is 0. The maximum Gasteiger partial charge on any atom is 0.345 e. The maximum atomic E-state index is 14.0. The summed E-state index contributed by atoms with van der Waals surface area (Å²) in [6.07, 6.45) is -0.280. The number of carbonyl (C=O) groups is 2. The lowest BCUT2D eigenvalue weighted by Crippen LogP contribution is -2.26. The molecular weight excluding hydrogens is 500 g/mol. The van der Waals surface area contributed by atoms with E-state index in [1.807, 2.05) is 48.5 Å². The summed E-state index contributed by atoms with van der Waals surface area (Å²) in [6, 6.07) is 20.4. The second-order valence-corrected chi connectivity index (χ2v) is 10.3. The first kappa shape index (κ1) is 27.6. The summed E-state index contributed by atoms with van der Waals surface area (Å²) < 4.78 is 18.0. The molecular formula is C32H33ClO5. The molecule has 1 heterocycles. The molecule has 2 atom stereocenters. The van der Waals surface area contributed by atoms with E-state index >= 15 is 0 Å². The average Bonchev–Trinajstić information content (AvgIpc) is 3.06. The Morgan fingerprint density at radius 3 is 2.18 bits per heavy atom. The maximum absolute atomic E-state index is 14.0. The van der Waals surface area contributed by atoms with Gasteiger partial charge in [0.2, 0.25) is 0 Å². The van der Waals surface area contributed by atoms with Crippen molar-refractivity contribution in [1.82, 2.24) is 0 Å². The lowest BCUT2D eigenvalue weighted by atomic mass is 9.94. The Balaban J connectivity index is 1.84. The van der Waals surface area contributed by atoms with Gasteiger partial charge in [0.05, 0.1) is 12.2 Å². The van der Waals surface area contributed by atoms with Gasteiger partial charge in [-0.3, -0.25) is 0 Å². The quantitative estimate of drug-likeness (QED) is 0.228. The number of carbonyl (C=O) groups excluding carboxylic acids is 2. The van der Waals surface area contributed by atoms with E-state index in [0.717, 1.165) is 11.1 Å². The van der Waals surface area contributed by atoms with E-state index in [2.05, 4.69) is 27.7 Å². The molecule has 1 aliphatic heterocycles. The van der Waals surface area contributed by atoms with E-state index in [-0.39, 0.29) is 18.4 Å². The summed E-state index contributed by atoms with van der Waals surface area (Å²) in [5.74, 6) is -0.259. The van der Waals surface area contributed by atoms with Gasteiger partial charge in [0.25, 0.3) is 0 Å². The van der Waals surface area contributed by atoms with Crippen molar-refractivity contribution in [1.29, 1.82) is 0 Å². The smallest absolute Gasteiger partial charge is 0.345 e. The van der Waals surface area contributed by atoms with E-state index in [4.69, 9.17) is 25.8 Å². The molecule has 0 N–H and O–H groups in total. The second-order valence-electron chi connectivity index (χ2n) is 9.90. The molecule has 0 amide bonds. The number of fused-ring (bicyclic) bond motifs is 1. The summed E-state index contributed by atoms with van der Waals surface area (Å²) in [4.78, 5) is 27.1. The van der Waals surface area contributed by atoms with Gasteiger partial charge in [-0.2, -0.15) is 0 Å². The van der Waals surface area contributed by atoms with Gasteiger partial charge in [-0.1, -0.05) is 93.9 Å². The lowest BCUT2D eigenvalue weighted by molar-refractivity contribution is -0.153. The molecule has 3 aromatic rings. The van der Waals surface area contributed by atoms with Crippen LogP contribution in [0.25, 0.3) is 6.08 Å². The minimum Gasteiger partial charge on any atom is -0.463 e. The largest absolute Gasteiger partial charge is 0.463 e. The highest BCUT2D eigenvalue weighted by Gasteiger charge is 2.37. The van der Waals surface area contributed by atoms with E-state index in [1.54, 1.807) is 31.2 Å². The topological polar surface area (TPSA) is 61.8 Å². The summed E-state index contributed by atoms with van der Waals surface area (Å²) in [5, 5.41) is 0.444. The molecule has 38 heavy (non-hydrogen) atoms. The monoisotopic (exact) mass is 532 g/mol. The third kappa shape index (κ3) is 5.85. The second kappa shape index (κ2) is 12.0. The molecule has 0 bridgehead atoms. The van der Waals surface area contributed by atoms with E-state index in [0.29, 0.717) is 33.0 Å². The Morgan fingerprint density at radius 1 is 0.921 bits per heavy atom. The van der Waals surface area contributed by atoms with Crippen molar-refractivity contribution in [2.75, 3.05) is 6.61 Å². The lowest BCUT2D eigenvalue weighted by Gasteiger charge is -2.25. The van der Waals surface area contributed by atoms with E-state index < -0.39 is 24.1 Å². The number of rotatable bonds is 7. The SMILES string of the molecule is CCOC(=O)C1=Cc2ccc(Cl)cc2[C@H](C(=O)Oc2c(C(C)C)cccc2C(C)C)O[C@H]1c1ccccc1. The summed E-state index contributed by atoms with van der Waals surface area (Å²) in [6.45, 7) is 10.2. The minimum atomic E-state index is -1.14. The van der Waals surface area contributed by atoms with Crippen molar-refractivity contribution in [3.8, 4) is 5.75 Å². The van der Waals surface area contributed by atoms with Gasteiger partial charge in [0.15, 0.2) is 6.10 Å². The van der Waals surface area contributed by atoms with Crippen LogP contribution < -0.4 is 4.74 Å². The molecule has 0 radical (unpaired) electrons. The number of benzene rings is 3. The van der Waals surface area contributed by atoms with Gasteiger partial charge in [-0.05, 0) is 59.2 Å². The zero-order valence-electron chi connectivity index (χ0n) is 22.4. The number of esters is 2. The van der Waals surface area contributed by atoms with Crippen LogP contribution in [0.5, 0.6) is 5.75 Å². The standard InChI is InChI=1S/C32H33ClO5/c1-6-36-31(34)27-17-22-15-16-23(33)18-26(22)30(37-28(27)21-11-8-7-9-12-21)32(35)38-29-24(19(2)3)13-10-14-25(29)20(4)5/h7-20,28,30H,6H2,1-5H3/t28-,30+/m0/s1. The summed E-state index contributed by atoms with van der Waals surface area (Å²) >= 11 is 6.38. The molecule has 5 nitrogen and oxygen atoms in total. The van der Waals surface area contributed by atoms with Crippen molar-refractivity contribution in [2.45, 2.75) is 58.7 Å². The van der Waals surface area contributed by atoms with Crippen molar-refractivity contribution in [3.05, 3.63) is 105 Å². The van der Waals surface area contributed by atoms with Crippen LogP contribution in [0, 0.1) is 0 Å². The normalized spacial score (nSPS) is 17.0. The first-order chi connectivity index (χ1) is 18.2. The van der Waals surface area contributed by atoms with Crippen LogP contribution in [0.1, 0.15) is 86.5 Å². The average molecular weight is 533 g/mol. The van der Waals surface area contributed by atoms with Crippen LogP contribution in [0.2, 0.25) is 5.02 Å². The highest BCUT2D eigenvalue weighted by Crippen LogP contribution is 2.42. The zero-order chi connectivity index (χ0) is 27.4. The Morgan fingerprint density at radius 2 is 1.58 bits per heavy atom. The van der Waals surface area contributed by atoms with E-state index in [1.165, 1.54) is 0 Å². The predicted molar refractivity (Wildman–Crippen MR) is 149 cm³/mol. The molecule has 0 fully saturated rings. The molecule has 198 valence electrons. The van der Waals surface area contributed by atoms with Gasteiger partial charge >= 0.3 is 11.9 Å². The number of para-hydroxylation sites is 1. The molecule has 6 heteroatoms. The Labute approximate surface area is 229 Å². The first-order valence-electron chi connectivity index (χ1n) is 12.9. The fourth-order valence-electron chi connectivity index (χ4n) is 4.63. The number of halogens is 1. The fourth-order valence-corrected chi connectivity index (χ4v) is 4.81. The van der Waals surface area contributed by atoms with Crippen molar-refractivity contribution < 1.29 is 23.8 Å². The van der Waals surface area contributed by atoms with Crippen molar-refractivity contribution in [3.63, 3.8) is 0 Å². The molecule has 0 aromatic heterocycles. The molecule has 4 rings (SSSR count). The van der Waals surface area contributed by atoms with Crippen LogP contribution in [0.4, 0.5) is 0 Å². The molecule has 3 aromatic carbocycles. The van der Waals surface area contributed by atoms with Crippen LogP contribution in [-0.4, -0.2) is 18.5 Å². The number of ether oxygens (including phenoxy) is 3. The van der Waals surface area contributed by atoms with Gasteiger partial charge in [-0.25, -0.2) is 9.59 Å². The highest BCUT2D eigenvalue weighted by atomic mass is 35.5. The summed E-state index contributed by atoms with van der Waals surface area (Å²) in [7, 11) is 0. The minimum absolute atomic E-state index is 0.141. The highest BCUT2D eigenvalue weighted by molar-refractivity contribution is 6.30. The van der Waals surface area contributed by atoms with E-state index in [9.17, 15) is 9.59 Å². The van der Waals surface area contributed by atoms with Gasteiger partial charge in [0, 0.05) is 10.6 Å². The third-order valence-electron chi connectivity index (χ3n) is 6.55. The van der Waals surface area contributed by atoms with Gasteiger partial charge < -0.3 is 14.2 Å². The molecule has 0 spiro atoms.